The zero-order valence-electron chi connectivity index (χ0n) is 11.7. The molecule has 4 nitrogen and oxygen atoms in total. The highest BCUT2D eigenvalue weighted by molar-refractivity contribution is 7.90. The first kappa shape index (κ1) is 16.5. The number of rotatable bonds is 7. The first-order valence-corrected chi connectivity index (χ1v) is 7.83. The molecular formula is C14H19FN2O2S. The molecule has 0 aromatic heterocycles. The van der Waals surface area contributed by atoms with Crippen LogP contribution in [0.25, 0.3) is 0 Å². The summed E-state index contributed by atoms with van der Waals surface area (Å²) in [5, 5.41) is 0. The van der Waals surface area contributed by atoms with Gasteiger partial charge in [0.15, 0.2) is 0 Å². The van der Waals surface area contributed by atoms with Gasteiger partial charge in [-0.2, -0.15) is 12.7 Å². The summed E-state index contributed by atoms with van der Waals surface area (Å²) >= 11 is 0. The highest BCUT2D eigenvalue weighted by atomic mass is 32.2. The maximum absolute atomic E-state index is 13.3. The molecule has 0 saturated heterocycles. The summed E-state index contributed by atoms with van der Waals surface area (Å²) < 4.78 is 40.9. The third-order valence-corrected chi connectivity index (χ3v) is 4.75. The fraction of sp³-hybridized carbons (Fsp3) is 0.429. The molecule has 0 bridgehead atoms. The van der Waals surface area contributed by atoms with Crippen LogP contribution >= 0.6 is 0 Å². The topological polar surface area (TPSA) is 40.6 Å². The molecule has 0 unspecified atom stereocenters. The van der Waals surface area contributed by atoms with E-state index in [1.165, 1.54) is 22.5 Å². The van der Waals surface area contributed by atoms with E-state index in [0.29, 0.717) is 19.5 Å². The third kappa shape index (κ3) is 3.71. The van der Waals surface area contributed by atoms with E-state index in [0.717, 1.165) is 10.4 Å². The van der Waals surface area contributed by atoms with Crippen molar-refractivity contribution in [2.24, 2.45) is 0 Å². The number of nitrogens with zero attached hydrogens (tertiary/aromatic N) is 2. The Morgan fingerprint density at radius 1 is 1.35 bits per heavy atom. The van der Waals surface area contributed by atoms with Gasteiger partial charge in [0, 0.05) is 13.1 Å². The van der Waals surface area contributed by atoms with E-state index in [-0.39, 0.29) is 12.2 Å². The monoisotopic (exact) mass is 298 g/mol. The first-order valence-electron chi connectivity index (χ1n) is 6.44. The molecule has 0 aliphatic carbocycles. The van der Waals surface area contributed by atoms with Crippen LogP contribution in [0, 0.1) is 18.2 Å². The smallest absolute Gasteiger partial charge is 0.246 e. The van der Waals surface area contributed by atoms with Gasteiger partial charge < -0.3 is 0 Å². The number of halogens is 1. The molecule has 1 aromatic carbocycles. The van der Waals surface area contributed by atoms with Crippen LogP contribution < -0.4 is 4.31 Å². The number of hydrogen-bond donors (Lipinski definition) is 0. The number of anilines is 1. The molecule has 110 valence electrons. The van der Waals surface area contributed by atoms with E-state index in [4.69, 9.17) is 6.42 Å². The first-order chi connectivity index (χ1) is 9.47. The molecule has 0 amide bonds. The van der Waals surface area contributed by atoms with Crippen LogP contribution in [0.3, 0.4) is 0 Å². The Hall–Kier alpha value is -1.58. The number of benzene rings is 1. The minimum Gasteiger partial charge on any atom is -0.246 e. The van der Waals surface area contributed by atoms with Gasteiger partial charge in [0.25, 0.3) is 0 Å². The van der Waals surface area contributed by atoms with Gasteiger partial charge in [0.1, 0.15) is 5.82 Å². The highest BCUT2D eigenvalue weighted by Gasteiger charge is 2.28. The van der Waals surface area contributed by atoms with Crippen molar-refractivity contribution in [2.75, 3.05) is 23.9 Å². The lowest BCUT2D eigenvalue weighted by Crippen LogP contribution is -2.44. The fourth-order valence-corrected chi connectivity index (χ4v) is 3.48. The molecule has 0 saturated carbocycles. The van der Waals surface area contributed by atoms with Crippen LogP contribution in [0.4, 0.5) is 10.1 Å². The van der Waals surface area contributed by atoms with Crippen LogP contribution in [-0.2, 0) is 10.2 Å². The molecule has 0 spiro atoms. The molecule has 6 heteroatoms. The molecule has 0 heterocycles. The molecule has 0 atom stereocenters. The second kappa shape index (κ2) is 7.27. The largest absolute Gasteiger partial charge is 0.304 e. The zero-order valence-corrected chi connectivity index (χ0v) is 12.5. The Balaban J connectivity index is 3.22. The minimum absolute atomic E-state index is 0.133. The van der Waals surface area contributed by atoms with Crippen molar-refractivity contribution in [3.63, 3.8) is 0 Å². The summed E-state index contributed by atoms with van der Waals surface area (Å²) in [4.78, 5) is 0. The molecule has 0 aliphatic heterocycles. The van der Waals surface area contributed by atoms with Gasteiger partial charge in [0.2, 0.25) is 0 Å². The standard InChI is InChI=1S/C14H19FN2O2S/c1-4-10-16(6-3)20(18,19)17(11-5-2)14-9-7-8-13(15)12-14/h2,7-9,12H,4,6,10-11H2,1,3H3. The highest BCUT2D eigenvalue weighted by Crippen LogP contribution is 2.21. The minimum atomic E-state index is -3.75. The molecule has 0 fully saturated rings. The summed E-state index contributed by atoms with van der Waals surface area (Å²) in [6, 6.07) is 5.40. The Labute approximate surface area is 120 Å². The van der Waals surface area contributed by atoms with Gasteiger partial charge in [-0.05, 0) is 24.6 Å². The van der Waals surface area contributed by atoms with Crippen LogP contribution in [0.1, 0.15) is 20.3 Å². The Morgan fingerprint density at radius 3 is 2.55 bits per heavy atom. The maximum atomic E-state index is 13.3. The predicted molar refractivity (Wildman–Crippen MR) is 79.0 cm³/mol. The normalized spacial score (nSPS) is 11.3. The second-order valence-electron chi connectivity index (χ2n) is 4.19. The van der Waals surface area contributed by atoms with Crippen molar-refractivity contribution in [2.45, 2.75) is 20.3 Å². The maximum Gasteiger partial charge on any atom is 0.304 e. The Morgan fingerprint density at radius 2 is 2.05 bits per heavy atom. The van der Waals surface area contributed by atoms with Gasteiger partial charge in [0.05, 0.1) is 12.2 Å². The lowest BCUT2D eigenvalue weighted by Gasteiger charge is -2.29. The summed E-state index contributed by atoms with van der Waals surface area (Å²) in [6.07, 6.45) is 5.94. The SMILES string of the molecule is C#CCN(c1cccc(F)c1)S(=O)(=O)N(CC)CCC. The molecule has 0 N–H and O–H groups in total. The molecule has 1 rings (SSSR count). The van der Waals surface area contributed by atoms with Crippen molar-refractivity contribution in [1.29, 1.82) is 0 Å². The van der Waals surface area contributed by atoms with Crippen molar-refractivity contribution < 1.29 is 12.8 Å². The average molecular weight is 298 g/mol. The number of hydrogen-bond acceptors (Lipinski definition) is 2. The molecule has 20 heavy (non-hydrogen) atoms. The van der Waals surface area contributed by atoms with E-state index < -0.39 is 16.0 Å². The third-order valence-electron chi connectivity index (χ3n) is 2.76. The van der Waals surface area contributed by atoms with E-state index in [9.17, 15) is 12.8 Å². The summed E-state index contributed by atoms with van der Waals surface area (Å²) in [5.41, 5.74) is 0.234. The van der Waals surface area contributed by atoms with Gasteiger partial charge in [-0.25, -0.2) is 8.70 Å². The van der Waals surface area contributed by atoms with Crippen molar-refractivity contribution in [3.05, 3.63) is 30.1 Å². The van der Waals surface area contributed by atoms with Crippen molar-refractivity contribution in [3.8, 4) is 12.3 Å². The lowest BCUT2D eigenvalue weighted by molar-refractivity contribution is 0.425. The molecular weight excluding hydrogens is 279 g/mol. The average Bonchev–Trinajstić information content (AvgIpc) is 2.41. The second-order valence-corrected chi connectivity index (χ2v) is 6.04. The van der Waals surface area contributed by atoms with Crippen LogP contribution in [0.5, 0.6) is 0 Å². The Bertz CT molecular complexity index is 581. The van der Waals surface area contributed by atoms with Gasteiger partial charge >= 0.3 is 10.2 Å². The van der Waals surface area contributed by atoms with Gasteiger partial charge in [-0.3, -0.25) is 0 Å². The summed E-state index contributed by atoms with van der Waals surface area (Å²) in [5.74, 6) is 1.81. The van der Waals surface area contributed by atoms with E-state index in [1.54, 1.807) is 6.92 Å². The van der Waals surface area contributed by atoms with Crippen molar-refractivity contribution >= 4 is 15.9 Å². The van der Waals surface area contributed by atoms with Crippen molar-refractivity contribution in [1.82, 2.24) is 4.31 Å². The molecule has 1 aromatic rings. The fourth-order valence-electron chi connectivity index (χ4n) is 1.85. The lowest BCUT2D eigenvalue weighted by atomic mass is 10.3. The van der Waals surface area contributed by atoms with Gasteiger partial charge in [-0.15, -0.1) is 6.42 Å². The summed E-state index contributed by atoms with van der Waals surface area (Å²) in [6.45, 7) is 4.26. The predicted octanol–water partition coefficient (Wildman–Crippen LogP) is 2.24. The zero-order chi connectivity index (χ0) is 15.2. The molecule has 0 aliphatic rings. The summed E-state index contributed by atoms with van der Waals surface area (Å²) in [7, 11) is -3.75. The van der Waals surface area contributed by atoms with Crippen LogP contribution in [0.2, 0.25) is 0 Å². The number of terminal acetylenes is 1. The van der Waals surface area contributed by atoms with E-state index in [1.807, 2.05) is 6.92 Å². The van der Waals surface area contributed by atoms with E-state index in [2.05, 4.69) is 5.92 Å². The quantitative estimate of drug-likeness (QED) is 0.724. The van der Waals surface area contributed by atoms with Crippen LogP contribution in [0.15, 0.2) is 24.3 Å². The van der Waals surface area contributed by atoms with Gasteiger partial charge in [-0.1, -0.05) is 25.8 Å². The molecule has 0 radical (unpaired) electrons. The Kier molecular flexibility index (Phi) is 5.99. The van der Waals surface area contributed by atoms with Crippen LogP contribution in [-0.4, -0.2) is 32.4 Å². The van der Waals surface area contributed by atoms with E-state index >= 15 is 0 Å².